The molecule has 0 spiro atoms. The van der Waals surface area contributed by atoms with Crippen LogP contribution in [0.4, 0.5) is 14.6 Å². The van der Waals surface area contributed by atoms with Gasteiger partial charge in [-0.1, -0.05) is 18.4 Å². The van der Waals surface area contributed by atoms with Crippen LogP contribution in [0.2, 0.25) is 0 Å². The number of aromatic nitrogens is 3. The van der Waals surface area contributed by atoms with Crippen LogP contribution in [0, 0.1) is 29.4 Å². The zero-order valence-corrected chi connectivity index (χ0v) is 29.5. The molecule has 5 heterocycles. The van der Waals surface area contributed by atoms with Crippen molar-refractivity contribution in [3.8, 4) is 35.4 Å². The molecule has 1 unspecified atom stereocenters. The maximum atomic E-state index is 17.1. The molecule has 2 N–H and O–H groups in total. The van der Waals surface area contributed by atoms with E-state index in [0.717, 1.165) is 71.1 Å². The van der Waals surface area contributed by atoms with E-state index in [1.54, 1.807) is 6.92 Å². The van der Waals surface area contributed by atoms with Crippen molar-refractivity contribution in [2.24, 2.45) is 5.41 Å². The number of terminal acetylenes is 1. The van der Waals surface area contributed by atoms with E-state index in [4.69, 9.17) is 25.6 Å². The molecular weight excluding hydrogens is 668 g/mol. The van der Waals surface area contributed by atoms with Gasteiger partial charge in [-0.3, -0.25) is 9.88 Å². The molecule has 8 rings (SSSR count). The fraction of sp³-hybridized carbons (Fsp3) is 0.525. The molecule has 0 amide bonds. The topological polar surface area (TPSA) is 113 Å². The molecule has 1 aliphatic carbocycles. The Hall–Kier alpha value is -4.15. The lowest BCUT2D eigenvalue weighted by Crippen LogP contribution is -2.55. The Labute approximate surface area is 302 Å². The van der Waals surface area contributed by atoms with Gasteiger partial charge in [-0.2, -0.15) is 9.97 Å². The summed E-state index contributed by atoms with van der Waals surface area (Å²) >= 11 is 0. The minimum atomic E-state index is -1.19. The predicted molar refractivity (Wildman–Crippen MR) is 193 cm³/mol. The summed E-state index contributed by atoms with van der Waals surface area (Å²) in [6, 6.07) is 6.38. The summed E-state index contributed by atoms with van der Waals surface area (Å²) in [5.41, 5.74) is -1.40. The van der Waals surface area contributed by atoms with E-state index < -0.39 is 17.2 Å². The number of piperidine rings is 1. The van der Waals surface area contributed by atoms with Gasteiger partial charge in [0.05, 0.1) is 37.3 Å². The number of aromatic hydroxyl groups is 1. The Kier molecular flexibility index (Phi) is 9.40. The quantitative estimate of drug-likeness (QED) is 0.232. The van der Waals surface area contributed by atoms with E-state index in [1.165, 1.54) is 30.5 Å². The van der Waals surface area contributed by atoms with Gasteiger partial charge in [0.1, 0.15) is 34.2 Å². The number of aliphatic hydroxyl groups is 1. The fourth-order valence-electron chi connectivity index (χ4n) is 9.25. The normalized spacial score (nSPS) is 27.2. The Bertz CT molecular complexity index is 2030. The standard InChI is InChI=1S/C40H45F2N5O5/c1-3-28-31(41)10-9-25-19-27(48)20-29(33(25)28)35-34(42)36-30(21-43-35)37(46-15-18-51-23-39(2,49)22-46)45-38(44-36)52-24-40-12-4-8-32(40)47(14-6-13-40)26-7-5-16-50-17-11-26/h1,9-10,19-21,26,32,48-49H,4-8,11-18,22-24H2,2H3/t26?,32-,39+,40-/m1/s1. The van der Waals surface area contributed by atoms with Crippen molar-refractivity contribution in [3.05, 3.63) is 47.7 Å². The van der Waals surface area contributed by atoms with Gasteiger partial charge in [0.25, 0.3) is 0 Å². The van der Waals surface area contributed by atoms with E-state index in [1.807, 2.05) is 4.90 Å². The molecular formula is C40H45F2N5O5. The highest BCUT2D eigenvalue weighted by Crippen LogP contribution is 2.49. The predicted octanol–water partition coefficient (Wildman–Crippen LogP) is 5.98. The molecule has 2 aromatic carbocycles. The molecule has 4 atom stereocenters. The van der Waals surface area contributed by atoms with Crippen molar-refractivity contribution in [2.45, 2.75) is 76.0 Å². The molecule has 0 bridgehead atoms. The molecule has 4 aliphatic rings. The monoisotopic (exact) mass is 713 g/mol. The van der Waals surface area contributed by atoms with Gasteiger partial charge in [0.2, 0.25) is 0 Å². The van der Waals surface area contributed by atoms with Crippen molar-refractivity contribution < 1.29 is 33.2 Å². The van der Waals surface area contributed by atoms with E-state index in [9.17, 15) is 14.6 Å². The zero-order chi connectivity index (χ0) is 36.0. The van der Waals surface area contributed by atoms with Crippen molar-refractivity contribution in [1.82, 2.24) is 19.9 Å². The van der Waals surface area contributed by atoms with Crippen LogP contribution in [-0.4, -0.2) is 100 Å². The second kappa shape index (κ2) is 14.0. The molecule has 3 saturated heterocycles. The van der Waals surface area contributed by atoms with Crippen molar-refractivity contribution in [1.29, 1.82) is 0 Å². The number of pyridine rings is 1. The molecule has 3 aliphatic heterocycles. The molecule has 10 nitrogen and oxygen atoms in total. The Morgan fingerprint density at radius 1 is 1.04 bits per heavy atom. The second-order valence-corrected chi connectivity index (χ2v) is 15.2. The smallest absolute Gasteiger partial charge is 0.319 e. The first-order valence-electron chi connectivity index (χ1n) is 18.5. The molecule has 12 heteroatoms. The van der Waals surface area contributed by atoms with Crippen LogP contribution in [0.25, 0.3) is 32.9 Å². The SMILES string of the molecule is C#Cc1c(F)ccc2cc(O)cc(-c3ncc4c(N5CCOC[C@@](C)(O)C5)nc(OC[C@]56CCC[C@H]5N(C5CCCOCC5)CCC6)nc4c3F)c12. The number of β-amino-alcohol motifs (C(OH)–C–C–N with tert-alkyl or cyclic N) is 1. The van der Waals surface area contributed by atoms with E-state index in [-0.39, 0.29) is 58.1 Å². The van der Waals surface area contributed by atoms with Gasteiger partial charge in [-0.15, -0.1) is 6.42 Å². The Morgan fingerprint density at radius 3 is 2.77 bits per heavy atom. The van der Waals surface area contributed by atoms with Crippen LogP contribution >= 0.6 is 0 Å². The number of hydrogen-bond donors (Lipinski definition) is 2. The molecule has 4 fully saturated rings. The van der Waals surface area contributed by atoms with Crippen LogP contribution in [0.1, 0.15) is 63.9 Å². The largest absolute Gasteiger partial charge is 0.508 e. The van der Waals surface area contributed by atoms with E-state index >= 15 is 4.39 Å². The summed E-state index contributed by atoms with van der Waals surface area (Å²) in [7, 11) is 0. The third-order valence-corrected chi connectivity index (χ3v) is 11.6. The summed E-state index contributed by atoms with van der Waals surface area (Å²) < 4.78 is 50.1. The molecule has 1 saturated carbocycles. The fourth-order valence-corrected chi connectivity index (χ4v) is 9.25. The van der Waals surface area contributed by atoms with Crippen LogP contribution in [0.3, 0.4) is 0 Å². The average Bonchev–Trinajstić information content (AvgIpc) is 3.26. The summed E-state index contributed by atoms with van der Waals surface area (Å²) in [6.07, 6.45) is 15.8. The Morgan fingerprint density at radius 2 is 1.90 bits per heavy atom. The highest BCUT2D eigenvalue weighted by Gasteiger charge is 2.50. The minimum Gasteiger partial charge on any atom is -0.508 e. The lowest BCUT2D eigenvalue weighted by Gasteiger charge is -2.49. The number of anilines is 1. The number of rotatable bonds is 6. The number of fused-ring (bicyclic) bond motifs is 3. The first-order chi connectivity index (χ1) is 25.2. The number of halogens is 2. The summed E-state index contributed by atoms with van der Waals surface area (Å²) in [5.74, 6) is 1.17. The van der Waals surface area contributed by atoms with Crippen LogP contribution in [0.15, 0.2) is 30.5 Å². The van der Waals surface area contributed by atoms with Gasteiger partial charge in [0, 0.05) is 54.4 Å². The molecule has 52 heavy (non-hydrogen) atoms. The maximum Gasteiger partial charge on any atom is 0.319 e. The molecule has 274 valence electrons. The summed E-state index contributed by atoms with van der Waals surface area (Å²) in [6.45, 7) is 5.79. The summed E-state index contributed by atoms with van der Waals surface area (Å²) in [4.78, 5) is 18.6. The molecule has 2 aromatic heterocycles. The first kappa shape index (κ1) is 34.9. The lowest BCUT2D eigenvalue weighted by molar-refractivity contribution is -0.0266. The number of phenols is 1. The number of nitrogens with zero attached hydrogens (tertiary/aromatic N) is 5. The van der Waals surface area contributed by atoms with Crippen LogP contribution in [0.5, 0.6) is 11.8 Å². The number of hydrogen-bond acceptors (Lipinski definition) is 10. The average molecular weight is 714 g/mol. The summed E-state index contributed by atoms with van der Waals surface area (Å²) in [5, 5.41) is 22.7. The number of likely N-dealkylation sites (tertiary alicyclic amines) is 1. The van der Waals surface area contributed by atoms with Crippen molar-refractivity contribution >= 4 is 27.5 Å². The van der Waals surface area contributed by atoms with Crippen molar-refractivity contribution in [3.63, 3.8) is 0 Å². The zero-order valence-electron chi connectivity index (χ0n) is 29.5. The van der Waals surface area contributed by atoms with E-state index in [0.29, 0.717) is 48.4 Å². The van der Waals surface area contributed by atoms with Gasteiger partial charge in [-0.05, 0) is 82.0 Å². The van der Waals surface area contributed by atoms with Gasteiger partial charge >= 0.3 is 6.01 Å². The highest BCUT2D eigenvalue weighted by atomic mass is 19.1. The highest BCUT2D eigenvalue weighted by molar-refractivity contribution is 6.03. The first-order valence-corrected chi connectivity index (χ1v) is 18.5. The minimum absolute atomic E-state index is 0.0273. The Balaban J connectivity index is 1.22. The van der Waals surface area contributed by atoms with Crippen molar-refractivity contribution in [2.75, 3.05) is 57.6 Å². The number of ether oxygens (including phenoxy) is 3. The lowest BCUT2D eigenvalue weighted by atomic mass is 9.74. The van der Waals surface area contributed by atoms with Gasteiger partial charge < -0.3 is 29.3 Å². The molecule has 4 aromatic rings. The third-order valence-electron chi connectivity index (χ3n) is 11.6. The third kappa shape index (κ3) is 6.42. The van der Waals surface area contributed by atoms with Crippen LogP contribution < -0.4 is 9.64 Å². The number of phenolic OH excluding ortho intramolecular Hbond substituents is 1. The molecule has 0 radical (unpaired) electrons. The maximum absolute atomic E-state index is 17.1. The van der Waals surface area contributed by atoms with Crippen LogP contribution in [-0.2, 0) is 9.47 Å². The second-order valence-electron chi connectivity index (χ2n) is 15.2. The number of benzene rings is 2. The van der Waals surface area contributed by atoms with E-state index in [2.05, 4.69) is 20.8 Å². The van der Waals surface area contributed by atoms with Gasteiger partial charge in [0.15, 0.2) is 5.82 Å². The van der Waals surface area contributed by atoms with Gasteiger partial charge in [-0.25, -0.2) is 8.78 Å².